The Labute approximate surface area is 183 Å². The van der Waals surface area contributed by atoms with Crippen molar-refractivity contribution in [1.82, 2.24) is 0 Å². The summed E-state index contributed by atoms with van der Waals surface area (Å²) in [6.07, 6.45) is 0. The maximum Gasteiger partial charge on any atom is 0.255 e. The lowest BCUT2D eigenvalue weighted by Gasteiger charge is -2.19. The number of ether oxygens (including phenoxy) is 2. The molecule has 31 heavy (non-hydrogen) atoms. The Hall–Kier alpha value is -3.34. The molecule has 3 rings (SSSR count). The highest BCUT2D eigenvalue weighted by molar-refractivity contribution is 6.04. The van der Waals surface area contributed by atoms with Gasteiger partial charge in [0.2, 0.25) is 0 Å². The number of carbonyl (C=O) groups excluding carboxylic acids is 1. The molecular formula is C26H28FNO3. The van der Waals surface area contributed by atoms with Gasteiger partial charge in [-0.05, 0) is 72.5 Å². The molecule has 0 saturated carbocycles. The zero-order valence-corrected chi connectivity index (χ0v) is 18.4. The van der Waals surface area contributed by atoms with Crippen molar-refractivity contribution in [2.24, 2.45) is 0 Å². The molecule has 0 heterocycles. The van der Waals surface area contributed by atoms with E-state index < -0.39 is 0 Å². The van der Waals surface area contributed by atoms with Gasteiger partial charge < -0.3 is 14.8 Å². The van der Waals surface area contributed by atoms with Crippen molar-refractivity contribution in [1.29, 1.82) is 0 Å². The molecule has 0 unspecified atom stereocenters. The molecule has 4 nitrogen and oxygen atoms in total. The second-order valence-electron chi connectivity index (χ2n) is 8.28. The Morgan fingerprint density at radius 3 is 2.23 bits per heavy atom. The summed E-state index contributed by atoms with van der Waals surface area (Å²) in [4.78, 5) is 12.6. The van der Waals surface area contributed by atoms with E-state index in [-0.39, 0.29) is 23.7 Å². The van der Waals surface area contributed by atoms with Crippen LogP contribution in [0.3, 0.4) is 0 Å². The van der Waals surface area contributed by atoms with Gasteiger partial charge in [0.25, 0.3) is 5.91 Å². The highest BCUT2D eigenvalue weighted by atomic mass is 19.1. The van der Waals surface area contributed by atoms with E-state index in [9.17, 15) is 9.18 Å². The van der Waals surface area contributed by atoms with Gasteiger partial charge >= 0.3 is 0 Å². The number of nitrogens with one attached hydrogen (secondary N) is 1. The minimum Gasteiger partial charge on any atom is -0.493 e. The number of halogens is 1. The molecule has 0 spiro atoms. The molecule has 0 aromatic heterocycles. The summed E-state index contributed by atoms with van der Waals surface area (Å²) >= 11 is 0. The van der Waals surface area contributed by atoms with Crippen LogP contribution in [0.5, 0.6) is 11.5 Å². The highest BCUT2D eigenvalue weighted by Gasteiger charge is 2.14. The average Bonchev–Trinajstić information content (AvgIpc) is 2.74. The van der Waals surface area contributed by atoms with Crippen LogP contribution in [-0.2, 0) is 12.0 Å². The van der Waals surface area contributed by atoms with E-state index in [0.717, 1.165) is 11.3 Å². The predicted molar refractivity (Wildman–Crippen MR) is 121 cm³/mol. The fraction of sp³-hybridized carbons (Fsp3) is 0.269. The second-order valence-corrected chi connectivity index (χ2v) is 8.28. The first-order valence-corrected chi connectivity index (χ1v) is 10.3. The zero-order valence-electron chi connectivity index (χ0n) is 18.4. The fourth-order valence-corrected chi connectivity index (χ4v) is 3.08. The number of hydrogen-bond donors (Lipinski definition) is 1. The third kappa shape index (κ3) is 6.07. The maximum absolute atomic E-state index is 13.1. The van der Waals surface area contributed by atoms with Crippen LogP contribution < -0.4 is 14.8 Å². The van der Waals surface area contributed by atoms with E-state index >= 15 is 0 Å². The second kappa shape index (κ2) is 9.65. The van der Waals surface area contributed by atoms with Crippen molar-refractivity contribution < 1.29 is 18.7 Å². The monoisotopic (exact) mass is 421 g/mol. The average molecular weight is 422 g/mol. The normalized spacial score (nSPS) is 11.1. The number of anilines is 1. The van der Waals surface area contributed by atoms with Crippen molar-refractivity contribution in [3.05, 3.63) is 89.2 Å². The quantitative estimate of drug-likeness (QED) is 0.483. The number of rotatable bonds is 7. The Morgan fingerprint density at radius 1 is 0.935 bits per heavy atom. The first kappa shape index (κ1) is 22.3. The smallest absolute Gasteiger partial charge is 0.255 e. The van der Waals surface area contributed by atoms with E-state index in [4.69, 9.17) is 9.47 Å². The minimum atomic E-state index is -0.353. The number of amides is 1. The van der Waals surface area contributed by atoms with Gasteiger partial charge in [-0.15, -0.1) is 0 Å². The Bertz CT molecular complexity index is 1020. The third-order valence-electron chi connectivity index (χ3n) is 4.84. The van der Waals surface area contributed by atoms with E-state index in [0.29, 0.717) is 23.6 Å². The molecule has 0 aliphatic carbocycles. The highest BCUT2D eigenvalue weighted by Crippen LogP contribution is 2.26. The largest absolute Gasteiger partial charge is 0.493 e. The predicted octanol–water partition coefficient (Wildman–Crippen LogP) is 6.35. The molecule has 1 amide bonds. The summed E-state index contributed by atoms with van der Waals surface area (Å²) in [5, 5.41) is 2.77. The van der Waals surface area contributed by atoms with Crippen molar-refractivity contribution in [3.63, 3.8) is 0 Å². The molecule has 0 radical (unpaired) electrons. The van der Waals surface area contributed by atoms with Gasteiger partial charge in [-0.2, -0.15) is 0 Å². The Kier molecular flexibility index (Phi) is 6.95. The van der Waals surface area contributed by atoms with Crippen LogP contribution in [-0.4, -0.2) is 12.5 Å². The van der Waals surface area contributed by atoms with Gasteiger partial charge in [-0.25, -0.2) is 4.39 Å². The summed E-state index contributed by atoms with van der Waals surface area (Å²) in [5.74, 6) is 0.781. The molecule has 3 aromatic carbocycles. The van der Waals surface area contributed by atoms with Crippen molar-refractivity contribution in [3.8, 4) is 11.5 Å². The summed E-state index contributed by atoms with van der Waals surface area (Å²) in [7, 11) is 0. The van der Waals surface area contributed by atoms with Crippen LogP contribution in [0.4, 0.5) is 10.1 Å². The minimum absolute atomic E-state index is 0.0763. The number of carbonyl (C=O) groups is 1. The van der Waals surface area contributed by atoms with Gasteiger partial charge in [0, 0.05) is 16.8 Å². The first-order chi connectivity index (χ1) is 14.8. The van der Waals surface area contributed by atoms with Crippen LogP contribution >= 0.6 is 0 Å². The maximum atomic E-state index is 13.1. The molecule has 162 valence electrons. The topological polar surface area (TPSA) is 47.6 Å². The van der Waals surface area contributed by atoms with Gasteiger partial charge in [0.15, 0.2) is 0 Å². The van der Waals surface area contributed by atoms with Crippen LogP contribution in [0.25, 0.3) is 0 Å². The van der Waals surface area contributed by atoms with Crippen LogP contribution in [0.2, 0.25) is 0 Å². The van der Waals surface area contributed by atoms with E-state index in [2.05, 4.69) is 38.2 Å². The number of benzene rings is 3. The molecule has 0 atom stereocenters. The van der Waals surface area contributed by atoms with E-state index in [1.54, 1.807) is 18.2 Å². The van der Waals surface area contributed by atoms with Gasteiger partial charge in [0.1, 0.15) is 23.9 Å². The lowest BCUT2D eigenvalue weighted by atomic mass is 9.87. The van der Waals surface area contributed by atoms with Crippen molar-refractivity contribution in [2.45, 2.75) is 39.7 Å². The number of hydrogen-bond acceptors (Lipinski definition) is 3. The summed E-state index contributed by atoms with van der Waals surface area (Å²) < 4.78 is 24.7. The summed E-state index contributed by atoms with van der Waals surface area (Å²) in [5.41, 5.74) is 3.07. The molecule has 0 fully saturated rings. The lowest BCUT2D eigenvalue weighted by molar-refractivity contribution is 0.102. The molecular weight excluding hydrogens is 393 g/mol. The fourth-order valence-electron chi connectivity index (χ4n) is 3.08. The summed E-state index contributed by atoms with van der Waals surface area (Å²) in [6.45, 7) is 9.18. The molecule has 3 aromatic rings. The Morgan fingerprint density at radius 2 is 1.61 bits per heavy atom. The van der Waals surface area contributed by atoms with E-state index in [1.165, 1.54) is 29.8 Å². The summed E-state index contributed by atoms with van der Waals surface area (Å²) in [6, 6.07) is 18.9. The molecule has 0 bridgehead atoms. The SMILES string of the molecule is CCOc1ccc(C(=O)Nc2ccc(F)cc2)cc1COc1ccc(C(C)(C)C)cc1. The van der Waals surface area contributed by atoms with Crippen LogP contribution in [0.1, 0.15) is 49.2 Å². The van der Waals surface area contributed by atoms with Gasteiger partial charge in [0.05, 0.1) is 6.61 Å². The van der Waals surface area contributed by atoms with E-state index in [1.807, 2.05) is 19.1 Å². The first-order valence-electron chi connectivity index (χ1n) is 10.3. The molecule has 0 aliphatic rings. The Balaban J connectivity index is 1.75. The third-order valence-corrected chi connectivity index (χ3v) is 4.84. The van der Waals surface area contributed by atoms with Crippen molar-refractivity contribution >= 4 is 11.6 Å². The molecule has 0 saturated heterocycles. The molecule has 1 N–H and O–H groups in total. The zero-order chi connectivity index (χ0) is 22.4. The van der Waals surface area contributed by atoms with Gasteiger partial charge in [-0.1, -0.05) is 32.9 Å². The lowest BCUT2D eigenvalue weighted by Crippen LogP contribution is -2.13. The molecule has 5 heteroatoms. The molecule has 0 aliphatic heterocycles. The van der Waals surface area contributed by atoms with Crippen molar-refractivity contribution in [2.75, 3.05) is 11.9 Å². The van der Waals surface area contributed by atoms with Crippen LogP contribution in [0, 0.1) is 5.82 Å². The van der Waals surface area contributed by atoms with Gasteiger partial charge in [-0.3, -0.25) is 4.79 Å². The van der Waals surface area contributed by atoms with Crippen LogP contribution in [0.15, 0.2) is 66.7 Å². The standard InChI is InChI=1S/C26H28FNO3/c1-5-30-24-15-6-18(25(29)28-22-11-9-21(27)10-12-22)16-19(24)17-31-23-13-7-20(8-14-23)26(2,3)4/h6-16H,5,17H2,1-4H3,(H,28,29).